The number of benzene rings is 1. The van der Waals surface area contributed by atoms with E-state index >= 15 is 0 Å². The lowest BCUT2D eigenvalue weighted by Crippen LogP contribution is -2.49. The van der Waals surface area contributed by atoms with Gasteiger partial charge in [0.2, 0.25) is 11.5 Å². The lowest BCUT2D eigenvalue weighted by atomic mass is 9.85. The van der Waals surface area contributed by atoms with Crippen molar-refractivity contribution in [3.05, 3.63) is 68.3 Å². The average molecular weight is 1050 g/mol. The number of alkyl carbamates (subject to hydrolysis) is 1. The molecule has 0 spiro atoms. The lowest BCUT2D eigenvalue weighted by molar-refractivity contribution is -0.172. The van der Waals surface area contributed by atoms with Crippen molar-refractivity contribution in [3.63, 3.8) is 0 Å². The van der Waals surface area contributed by atoms with E-state index in [0.29, 0.717) is 37.4 Å². The molecule has 2 aliphatic rings. The van der Waals surface area contributed by atoms with Crippen LogP contribution in [-0.2, 0) is 61.2 Å². The fourth-order valence-corrected chi connectivity index (χ4v) is 10.6. The SMILES string of the molecule is CCCCCCCCCCCCCCCCCOCC(COP(=O)(O)CCCN=O)OC(=O)CCCCCCCC(=O)NCCNC(=O)O[C@]1(CC)C(=O)OCc2c1cc1n(c2=O)Cc2cc3ccccc3nc2-1. The molecule has 3 N–H and O–H groups in total. The quantitative estimate of drug-likeness (QED) is 0.0124. The van der Waals surface area contributed by atoms with Gasteiger partial charge in [0.25, 0.3) is 5.56 Å². The molecular formula is C55H82N5O13P. The van der Waals surface area contributed by atoms with Gasteiger partial charge in [0, 0.05) is 49.1 Å². The first kappa shape index (κ1) is 59.8. The van der Waals surface area contributed by atoms with Gasteiger partial charge in [-0.1, -0.05) is 146 Å². The molecule has 3 atom stereocenters. The molecule has 1 aromatic carbocycles. The number of nitrogens with one attached hydrogen (secondary N) is 2. The molecule has 0 saturated carbocycles. The number of esters is 2. The lowest BCUT2D eigenvalue weighted by Gasteiger charge is -2.35. The van der Waals surface area contributed by atoms with Gasteiger partial charge in [-0.25, -0.2) is 14.6 Å². The highest BCUT2D eigenvalue weighted by Gasteiger charge is 2.50. The third kappa shape index (κ3) is 19.3. The van der Waals surface area contributed by atoms with Crippen LogP contribution in [0.2, 0.25) is 0 Å². The van der Waals surface area contributed by atoms with Crippen molar-refractivity contribution in [2.45, 2.75) is 193 Å². The van der Waals surface area contributed by atoms with Gasteiger partial charge >= 0.3 is 25.6 Å². The van der Waals surface area contributed by atoms with Gasteiger partial charge in [0.05, 0.1) is 54.9 Å². The van der Waals surface area contributed by atoms with Crippen LogP contribution in [0.1, 0.15) is 185 Å². The van der Waals surface area contributed by atoms with E-state index in [9.17, 15) is 38.3 Å². The van der Waals surface area contributed by atoms with E-state index < -0.39 is 37.3 Å². The number of cyclic esters (lactones) is 1. The van der Waals surface area contributed by atoms with Gasteiger partial charge in [-0.15, -0.1) is 0 Å². The maximum atomic E-state index is 13.8. The second-order valence-corrected chi connectivity index (χ2v) is 21.7. The zero-order valence-corrected chi connectivity index (χ0v) is 44.9. The van der Waals surface area contributed by atoms with Gasteiger partial charge in [-0.2, -0.15) is 4.91 Å². The standard InChI is InChI=1S/C55H82N5O13P/c1-3-5-6-7-8-9-10-11-12-13-14-15-16-20-25-34-69-39-44(40-71-74(67,68)35-26-31-58-66)72-50(62)30-22-19-17-18-21-29-49(61)56-32-33-57-54(65)73-55(4-2)46-37-48-51-43(36-42-27-23-24-28-47(42)59-51)38-60(48)52(63)45(46)41-70-53(55)64/h23-24,27-28,36-37,44H,3-22,25-26,29-35,38-41H2,1-2H3,(H,56,61)(H,57,65)(H,67,68)/t44?,55-/m0/s1. The number of hydrogen-bond acceptors (Lipinski definition) is 14. The summed E-state index contributed by atoms with van der Waals surface area (Å²) in [6, 6.07) is 11.4. The number of amides is 2. The first-order valence-corrected chi connectivity index (χ1v) is 29.3. The molecule has 2 aliphatic heterocycles. The number of aromatic nitrogens is 2. The van der Waals surface area contributed by atoms with Crippen LogP contribution < -0.4 is 16.2 Å². The summed E-state index contributed by atoms with van der Waals surface area (Å²) in [6.07, 6.45) is 20.9. The largest absolute Gasteiger partial charge is 0.457 e. The van der Waals surface area contributed by atoms with E-state index in [1.54, 1.807) is 17.6 Å². The summed E-state index contributed by atoms with van der Waals surface area (Å²) >= 11 is 0. The Morgan fingerprint density at radius 1 is 0.824 bits per heavy atom. The normalized spacial score (nSPS) is 15.9. The van der Waals surface area contributed by atoms with Crippen molar-refractivity contribution in [1.82, 2.24) is 20.2 Å². The summed E-state index contributed by atoms with van der Waals surface area (Å²) in [5.74, 6) is -1.44. The maximum absolute atomic E-state index is 13.8. The third-order valence-electron chi connectivity index (χ3n) is 13.8. The van der Waals surface area contributed by atoms with Crippen LogP contribution in [0, 0.1) is 4.91 Å². The molecule has 0 fully saturated rings. The van der Waals surface area contributed by atoms with Crippen molar-refractivity contribution < 1.29 is 52.1 Å². The summed E-state index contributed by atoms with van der Waals surface area (Å²) in [7, 11) is -4.01. The summed E-state index contributed by atoms with van der Waals surface area (Å²) in [5, 5.41) is 9.04. The minimum absolute atomic E-state index is 0.0134. The van der Waals surface area contributed by atoms with Crippen LogP contribution in [0.15, 0.2) is 46.4 Å². The third-order valence-corrected chi connectivity index (χ3v) is 15.2. The number of rotatable bonds is 39. The van der Waals surface area contributed by atoms with Gasteiger partial charge in [0.1, 0.15) is 12.7 Å². The molecule has 3 aromatic rings. The molecule has 5 rings (SSSR count). The molecule has 74 heavy (non-hydrogen) atoms. The van der Waals surface area contributed by atoms with Crippen LogP contribution in [0.5, 0.6) is 0 Å². The molecule has 2 unspecified atom stereocenters. The van der Waals surface area contributed by atoms with E-state index in [2.05, 4.69) is 22.7 Å². The Balaban J connectivity index is 0.934. The van der Waals surface area contributed by atoms with Gasteiger partial charge in [-0.3, -0.25) is 18.9 Å². The van der Waals surface area contributed by atoms with E-state index in [0.717, 1.165) is 55.0 Å². The van der Waals surface area contributed by atoms with Crippen molar-refractivity contribution in [1.29, 1.82) is 0 Å². The zero-order chi connectivity index (χ0) is 53.0. The van der Waals surface area contributed by atoms with E-state index in [1.807, 2.05) is 30.3 Å². The number of pyridine rings is 2. The molecule has 4 heterocycles. The monoisotopic (exact) mass is 1050 g/mol. The molecule has 19 heteroatoms. The van der Waals surface area contributed by atoms with Crippen molar-refractivity contribution in [2.75, 3.05) is 45.6 Å². The number of para-hydroxylation sites is 1. The topological polar surface area (TPSA) is 240 Å². The molecule has 0 saturated heterocycles. The number of fused-ring (bicyclic) bond motifs is 5. The van der Waals surface area contributed by atoms with E-state index in [4.69, 9.17) is 28.5 Å². The highest BCUT2D eigenvalue weighted by molar-refractivity contribution is 7.52. The van der Waals surface area contributed by atoms with Gasteiger partial charge in [0.15, 0.2) is 0 Å². The second kappa shape index (κ2) is 32.4. The molecule has 0 radical (unpaired) electrons. The molecular weight excluding hydrogens is 970 g/mol. The summed E-state index contributed by atoms with van der Waals surface area (Å²) < 4.78 is 42.0. The highest BCUT2D eigenvalue weighted by Crippen LogP contribution is 2.43. The number of nitroso groups, excluding NO2 is 1. The molecule has 410 valence electrons. The van der Waals surface area contributed by atoms with E-state index in [1.165, 1.54) is 77.0 Å². The fraction of sp³-hybridized carbons (Fsp3) is 0.673. The Morgan fingerprint density at radius 3 is 2.14 bits per heavy atom. The summed E-state index contributed by atoms with van der Waals surface area (Å²) in [4.78, 5) is 91.2. The Hall–Kier alpha value is -5.03. The maximum Gasteiger partial charge on any atom is 0.408 e. The molecule has 18 nitrogen and oxygen atoms in total. The first-order valence-electron chi connectivity index (χ1n) is 27.5. The van der Waals surface area contributed by atoms with Crippen molar-refractivity contribution in [3.8, 4) is 11.4 Å². The minimum atomic E-state index is -4.01. The highest BCUT2D eigenvalue weighted by atomic mass is 31.2. The van der Waals surface area contributed by atoms with E-state index in [-0.39, 0.29) is 93.9 Å². The zero-order valence-electron chi connectivity index (χ0n) is 44.0. The number of nitrogens with zero attached hydrogens (tertiary/aromatic N) is 3. The summed E-state index contributed by atoms with van der Waals surface area (Å²) in [6.45, 7) is 4.24. The van der Waals surface area contributed by atoms with Crippen molar-refractivity contribution in [2.24, 2.45) is 5.18 Å². The Morgan fingerprint density at radius 2 is 1.46 bits per heavy atom. The van der Waals surface area contributed by atoms with Crippen LogP contribution in [0.3, 0.4) is 0 Å². The fourth-order valence-electron chi connectivity index (χ4n) is 9.57. The molecule has 2 amide bonds. The minimum Gasteiger partial charge on any atom is -0.457 e. The number of hydrogen-bond donors (Lipinski definition) is 3. The Kier molecular flexibility index (Phi) is 26.2. The predicted octanol–water partition coefficient (Wildman–Crippen LogP) is 10.8. The Bertz CT molecular complexity index is 2380. The van der Waals surface area contributed by atoms with Crippen molar-refractivity contribution >= 4 is 42.4 Å². The number of carbonyl (C=O) groups excluding carboxylic acids is 4. The average Bonchev–Trinajstić information content (AvgIpc) is 3.75. The Labute approximate surface area is 436 Å². The number of carbonyl (C=O) groups is 4. The first-order chi connectivity index (χ1) is 35.9. The molecule has 2 aromatic heterocycles. The van der Waals surface area contributed by atoms with Crippen LogP contribution in [0.4, 0.5) is 4.79 Å². The predicted molar refractivity (Wildman–Crippen MR) is 284 cm³/mol. The van der Waals surface area contributed by atoms with Crippen LogP contribution in [0.25, 0.3) is 22.3 Å². The van der Waals surface area contributed by atoms with Crippen LogP contribution >= 0.6 is 7.60 Å². The summed E-state index contributed by atoms with van der Waals surface area (Å²) in [5.41, 5.74) is 1.10. The van der Waals surface area contributed by atoms with Gasteiger partial charge in [-0.05, 0) is 50.3 Å². The molecule has 0 bridgehead atoms. The number of ether oxygens (including phenoxy) is 4. The van der Waals surface area contributed by atoms with Gasteiger partial charge < -0.3 is 43.6 Å². The smallest absolute Gasteiger partial charge is 0.408 e. The van der Waals surface area contributed by atoms with Crippen LogP contribution in [-0.4, -0.2) is 90.1 Å². The molecule has 0 aliphatic carbocycles. The number of unbranched alkanes of at least 4 members (excludes halogenated alkanes) is 18. The second-order valence-electron chi connectivity index (χ2n) is 19.7.